The van der Waals surface area contributed by atoms with Crippen LogP contribution in [0.5, 0.6) is 11.5 Å². The smallest absolute Gasteiger partial charge is 0.161 e. The van der Waals surface area contributed by atoms with E-state index in [0.29, 0.717) is 19.8 Å². The molecule has 0 saturated carbocycles. The molecule has 0 saturated heterocycles. The van der Waals surface area contributed by atoms with E-state index in [2.05, 4.69) is 5.43 Å². The lowest BCUT2D eigenvalue weighted by atomic mass is 10.1. The van der Waals surface area contributed by atoms with Crippen LogP contribution in [0.2, 0.25) is 0 Å². The lowest BCUT2D eigenvalue weighted by Gasteiger charge is -2.31. The van der Waals surface area contributed by atoms with Gasteiger partial charge in [0.25, 0.3) is 0 Å². The average Bonchev–Trinajstić information content (AvgIpc) is 2.39. The minimum absolute atomic E-state index is 0.0803. The van der Waals surface area contributed by atoms with Crippen molar-refractivity contribution in [3.63, 3.8) is 0 Å². The highest BCUT2D eigenvalue weighted by atomic mass is 16.6. The molecule has 5 heteroatoms. The second-order valence-electron chi connectivity index (χ2n) is 3.85. The van der Waals surface area contributed by atoms with E-state index < -0.39 is 0 Å². The number of hydrogen-bond donors (Lipinski definition) is 2. The Kier molecular flexibility index (Phi) is 4.19. The fourth-order valence-electron chi connectivity index (χ4n) is 1.74. The summed E-state index contributed by atoms with van der Waals surface area (Å²) >= 11 is 0. The van der Waals surface area contributed by atoms with E-state index in [-0.39, 0.29) is 12.1 Å². The first-order chi connectivity index (χ1) is 8.35. The summed E-state index contributed by atoms with van der Waals surface area (Å²) in [5, 5.41) is 0. The Morgan fingerprint density at radius 3 is 2.94 bits per heavy atom. The number of para-hydroxylation sites is 2. The van der Waals surface area contributed by atoms with Crippen molar-refractivity contribution in [2.45, 2.75) is 19.1 Å². The highest BCUT2D eigenvalue weighted by molar-refractivity contribution is 5.40. The Morgan fingerprint density at radius 2 is 2.24 bits per heavy atom. The molecule has 2 rings (SSSR count). The third kappa shape index (κ3) is 2.88. The van der Waals surface area contributed by atoms with Gasteiger partial charge in [0.05, 0.1) is 12.6 Å². The summed E-state index contributed by atoms with van der Waals surface area (Å²) in [6.45, 7) is 3.57. The summed E-state index contributed by atoms with van der Waals surface area (Å²) in [7, 11) is 0. The molecule has 5 nitrogen and oxygen atoms in total. The molecular formula is C12H18N2O3. The molecule has 1 aliphatic heterocycles. The largest absolute Gasteiger partial charge is 0.486 e. The van der Waals surface area contributed by atoms with Crippen LogP contribution in [0.4, 0.5) is 0 Å². The van der Waals surface area contributed by atoms with Crippen LogP contribution in [-0.4, -0.2) is 32.0 Å². The maximum atomic E-state index is 5.83. The van der Waals surface area contributed by atoms with Crippen LogP contribution in [-0.2, 0) is 4.74 Å². The van der Waals surface area contributed by atoms with Crippen LogP contribution < -0.4 is 20.7 Å². The van der Waals surface area contributed by atoms with Gasteiger partial charge in [-0.25, -0.2) is 0 Å². The molecule has 17 heavy (non-hydrogen) atoms. The van der Waals surface area contributed by atoms with E-state index in [1.807, 2.05) is 31.2 Å². The molecule has 3 N–H and O–H groups in total. The molecule has 0 bridgehead atoms. The monoisotopic (exact) mass is 238 g/mol. The number of hydrazine groups is 1. The third-order valence-corrected chi connectivity index (χ3v) is 2.69. The summed E-state index contributed by atoms with van der Waals surface area (Å²) in [4.78, 5) is 0. The van der Waals surface area contributed by atoms with Crippen LogP contribution in [0.1, 0.15) is 6.92 Å². The zero-order valence-corrected chi connectivity index (χ0v) is 9.89. The molecule has 0 radical (unpaired) electrons. The highest BCUT2D eigenvalue weighted by Crippen LogP contribution is 2.31. The first-order valence-electron chi connectivity index (χ1n) is 5.77. The predicted octanol–water partition coefficient (Wildman–Crippen LogP) is 0.695. The Morgan fingerprint density at radius 1 is 1.47 bits per heavy atom. The van der Waals surface area contributed by atoms with Crippen molar-refractivity contribution < 1.29 is 14.2 Å². The van der Waals surface area contributed by atoms with Gasteiger partial charge < -0.3 is 14.2 Å². The van der Waals surface area contributed by atoms with Crippen LogP contribution >= 0.6 is 0 Å². The second-order valence-corrected chi connectivity index (χ2v) is 3.85. The fraction of sp³-hybridized carbons (Fsp3) is 0.500. The maximum absolute atomic E-state index is 5.83. The van der Waals surface area contributed by atoms with E-state index in [4.69, 9.17) is 20.1 Å². The molecule has 0 aliphatic carbocycles. The van der Waals surface area contributed by atoms with Crippen molar-refractivity contribution in [1.82, 2.24) is 5.43 Å². The van der Waals surface area contributed by atoms with Gasteiger partial charge in [-0.15, -0.1) is 0 Å². The van der Waals surface area contributed by atoms with Crippen LogP contribution in [0.3, 0.4) is 0 Å². The molecule has 2 unspecified atom stereocenters. The number of hydrogen-bond acceptors (Lipinski definition) is 5. The average molecular weight is 238 g/mol. The summed E-state index contributed by atoms with van der Waals surface area (Å²) in [5.41, 5.74) is 2.71. The fourth-order valence-corrected chi connectivity index (χ4v) is 1.74. The van der Waals surface area contributed by atoms with Crippen LogP contribution in [0, 0.1) is 0 Å². The van der Waals surface area contributed by atoms with Gasteiger partial charge in [0.15, 0.2) is 17.6 Å². The first-order valence-corrected chi connectivity index (χ1v) is 5.77. The Bertz CT molecular complexity index is 359. The number of nitrogens with two attached hydrogens (primary N) is 1. The van der Waals surface area contributed by atoms with Gasteiger partial charge >= 0.3 is 0 Å². The second kappa shape index (κ2) is 5.86. The van der Waals surface area contributed by atoms with Crippen molar-refractivity contribution >= 4 is 0 Å². The maximum Gasteiger partial charge on any atom is 0.161 e. The van der Waals surface area contributed by atoms with E-state index >= 15 is 0 Å². The Labute approximate surface area is 101 Å². The summed E-state index contributed by atoms with van der Waals surface area (Å²) < 4.78 is 16.8. The molecule has 2 atom stereocenters. The van der Waals surface area contributed by atoms with Gasteiger partial charge in [-0.2, -0.15) is 0 Å². The normalized spacial score (nSPS) is 20.0. The summed E-state index contributed by atoms with van der Waals surface area (Å²) in [6.07, 6.45) is -0.138. The summed E-state index contributed by atoms with van der Waals surface area (Å²) in [5.74, 6) is 7.02. The number of ether oxygens (including phenoxy) is 3. The van der Waals surface area contributed by atoms with Crippen LogP contribution in [0.25, 0.3) is 0 Å². The van der Waals surface area contributed by atoms with Crippen LogP contribution in [0.15, 0.2) is 24.3 Å². The zero-order valence-electron chi connectivity index (χ0n) is 9.89. The zero-order chi connectivity index (χ0) is 12.1. The lowest BCUT2D eigenvalue weighted by Crippen LogP contribution is -2.52. The van der Waals surface area contributed by atoms with E-state index in [1.54, 1.807) is 0 Å². The van der Waals surface area contributed by atoms with E-state index in [9.17, 15) is 0 Å². The van der Waals surface area contributed by atoms with Crippen molar-refractivity contribution in [1.29, 1.82) is 0 Å². The Balaban J connectivity index is 2.00. The van der Waals surface area contributed by atoms with Gasteiger partial charge in [-0.1, -0.05) is 12.1 Å². The molecule has 1 heterocycles. The quantitative estimate of drug-likeness (QED) is 0.584. The molecule has 0 aromatic heterocycles. The molecule has 1 aromatic carbocycles. The SMILES string of the molecule is CCOCC(NN)C1COc2ccccc2O1. The van der Waals surface area contributed by atoms with Gasteiger partial charge in [-0.3, -0.25) is 11.3 Å². The molecule has 0 fully saturated rings. The number of rotatable bonds is 5. The Hall–Kier alpha value is -1.30. The number of nitrogens with one attached hydrogen (secondary N) is 1. The number of fused-ring (bicyclic) bond motifs is 1. The molecule has 0 amide bonds. The molecule has 1 aromatic rings. The van der Waals surface area contributed by atoms with Gasteiger partial charge in [0.1, 0.15) is 6.61 Å². The first kappa shape index (κ1) is 12.2. The topological polar surface area (TPSA) is 65.7 Å². The number of benzene rings is 1. The van der Waals surface area contributed by atoms with Gasteiger partial charge in [-0.05, 0) is 19.1 Å². The van der Waals surface area contributed by atoms with Gasteiger partial charge in [0.2, 0.25) is 0 Å². The molecular weight excluding hydrogens is 220 g/mol. The summed E-state index contributed by atoms with van der Waals surface area (Å²) in [6, 6.07) is 7.52. The molecule has 1 aliphatic rings. The third-order valence-electron chi connectivity index (χ3n) is 2.69. The predicted molar refractivity (Wildman–Crippen MR) is 64.0 cm³/mol. The highest BCUT2D eigenvalue weighted by Gasteiger charge is 2.28. The van der Waals surface area contributed by atoms with Crippen molar-refractivity contribution in [2.24, 2.45) is 5.84 Å². The van der Waals surface area contributed by atoms with Crippen molar-refractivity contribution in [2.75, 3.05) is 19.8 Å². The molecule has 94 valence electrons. The molecule has 0 spiro atoms. The van der Waals surface area contributed by atoms with Gasteiger partial charge in [0, 0.05) is 6.61 Å². The van der Waals surface area contributed by atoms with Crippen molar-refractivity contribution in [3.8, 4) is 11.5 Å². The van der Waals surface area contributed by atoms with E-state index in [1.165, 1.54) is 0 Å². The minimum Gasteiger partial charge on any atom is -0.486 e. The minimum atomic E-state index is -0.138. The lowest BCUT2D eigenvalue weighted by molar-refractivity contribution is 0.0232. The van der Waals surface area contributed by atoms with Crippen molar-refractivity contribution in [3.05, 3.63) is 24.3 Å². The standard InChI is InChI=1S/C12H18N2O3/c1-2-15-7-9(14-13)12-8-16-10-5-3-4-6-11(10)17-12/h3-6,9,12,14H,2,7-8,13H2,1H3. The van der Waals surface area contributed by atoms with E-state index in [0.717, 1.165) is 11.5 Å².